The topological polar surface area (TPSA) is 25.8 Å². The van der Waals surface area contributed by atoms with Crippen LogP contribution in [-0.4, -0.2) is 9.97 Å². The lowest BCUT2D eigenvalue weighted by molar-refractivity contribution is 0.660. The molecular weight excluding hydrogens is 617 g/mol. The molecule has 0 fully saturated rings. The first-order valence-electron chi connectivity index (χ1n) is 17.7. The van der Waals surface area contributed by atoms with E-state index in [2.05, 4.69) is 172 Å². The van der Waals surface area contributed by atoms with E-state index in [9.17, 15) is 0 Å². The average molecular weight is 651 g/mol. The Bertz CT molecular complexity index is 2790. The molecule has 8 aromatic carbocycles. The summed E-state index contributed by atoms with van der Waals surface area (Å²) in [6.45, 7) is 4.65. The lowest BCUT2D eigenvalue weighted by atomic mass is 9.81. The summed E-state index contributed by atoms with van der Waals surface area (Å²) in [5.74, 6) is 0. The van der Waals surface area contributed by atoms with Gasteiger partial charge in [-0.1, -0.05) is 159 Å². The first-order valence-corrected chi connectivity index (χ1v) is 17.7. The van der Waals surface area contributed by atoms with E-state index in [4.69, 9.17) is 9.97 Å². The van der Waals surface area contributed by atoms with Crippen molar-refractivity contribution >= 4 is 32.3 Å². The van der Waals surface area contributed by atoms with Crippen molar-refractivity contribution in [3.05, 3.63) is 181 Å². The van der Waals surface area contributed by atoms with Gasteiger partial charge in [-0.15, -0.1) is 0 Å². The summed E-state index contributed by atoms with van der Waals surface area (Å²) in [6, 6.07) is 59.2. The molecule has 1 aliphatic carbocycles. The Morgan fingerprint density at radius 1 is 0.373 bits per heavy atom. The minimum Gasteiger partial charge on any atom is -0.252 e. The molecule has 1 heterocycles. The van der Waals surface area contributed by atoms with Gasteiger partial charge in [0.1, 0.15) is 0 Å². The minimum atomic E-state index is -0.113. The summed E-state index contributed by atoms with van der Waals surface area (Å²) in [4.78, 5) is 10.5. The summed E-state index contributed by atoms with van der Waals surface area (Å²) in [5, 5.41) is 7.67. The normalized spacial score (nSPS) is 13.1. The maximum absolute atomic E-state index is 5.36. The van der Waals surface area contributed by atoms with Gasteiger partial charge in [0.05, 0.1) is 23.3 Å². The van der Waals surface area contributed by atoms with Crippen LogP contribution in [0.2, 0.25) is 0 Å². The monoisotopic (exact) mass is 650 g/mol. The van der Waals surface area contributed by atoms with E-state index in [0.717, 1.165) is 39.3 Å². The van der Waals surface area contributed by atoms with Crippen molar-refractivity contribution in [2.75, 3.05) is 0 Å². The Labute approximate surface area is 297 Å². The molecule has 0 saturated carbocycles. The van der Waals surface area contributed by atoms with Gasteiger partial charge in [0.2, 0.25) is 0 Å². The number of benzene rings is 8. The second-order valence-electron chi connectivity index (χ2n) is 14.2. The maximum Gasteiger partial charge on any atom is 0.0972 e. The van der Waals surface area contributed by atoms with E-state index in [0.29, 0.717) is 0 Å². The zero-order valence-corrected chi connectivity index (χ0v) is 28.6. The average Bonchev–Trinajstić information content (AvgIpc) is 3.43. The fraction of sp³-hybridized carbons (Fsp3) is 0.0612. The van der Waals surface area contributed by atoms with Crippen LogP contribution in [0.5, 0.6) is 0 Å². The first kappa shape index (κ1) is 29.5. The predicted octanol–water partition coefficient (Wildman–Crippen LogP) is 12.9. The van der Waals surface area contributed by atoms with Crippen LogP contribution in [0.4, 0.5) is 0 Å². The van der Waals surface area contributed by atoms with Gasteiger partial charge < -0.3 is 0 Å². The molecule has 10 rings (SSSR count). The molecule has 0 N–H and O–H groups in total. The van der Waals surface area contributed by atoms with E-state index in [-0.39, 0.29) is 5.41 Å². The van der Waals surface area contributed by atoms with Gasteiger partial charge in [-0.3, -0.25) is 4.98 Å². The molecule has 0 aliphatic heterocycles. The SMILES string of the molecule is CC1(C)c2ccccc2-c2ccc(-c3nc(-c4ccccc4)cnc3-c3cccc(-c4ccc5c6ccccc6c6ccccc6c5c4)c3)cc21. The van der Waals surface area contributed by atoms with Gasteiger partial charge in [0.25, 0.3) is 0 Å². The molecule has 51 heavy (non-hydrogen) atoms. The molecule has 0 radical (unpaired) electrons. The highest BCUT2D eigenvalue weighted by molar-refractivity contribution is 6.25. The number of rotatable bonds is 4. The predicted molar refractivity (Wildman–Crippen MR) is 214 cm³/mol. The highest BCUT2D eigenvalue weighted by atomic mass is 14.8. The van der Waals surface area contributed by atoms with Crippen molar-refractivity contribution in [1.29, 1.82) is 0 Å². The van der Waals surface area contributed by atoms with Crippen LogP contribution in [0.15, 0.2) is 170 Å². The molecule has 2 heteroatoms. The quantitative estimate of drug-likeness (QED) is 0.177. The van der Waals surface area contributed by atoms with E-state index in [1.54, 1.807) is 0 Å². The molecular formula is C49H34N2. The fourth-order valence-electron chi connectivity index (χ4n) is 8.33. The highest BCUT2D eigenvalue weighted by Gasteiger charge is 2.35. The molecule has 240 valence electrons. The van der Waals surface area contributed by atoms with Gasteiger partial charge in [-0.25, -0.2) is 4.98 Å². The van der Waals surface area contributed by atoms with Crippen molar-refractivity contribution < 1.29 is 0 Å². The Morgan fingerprint density at radius 3 is 1.69 bits per heavy atom. The van der Waals surface area contributed by atoms with Gasteiger partial charge in [-0.2, -0.15) is 0 Å². The van der Waals surface area contributed by atoms with Crippen LogP contribution in [0.25, 0.3) is 88.3 Å². The summed E-state index contributed by atoms with van der Waals surface area (Å²) >= 11 is 0. The largest absolute Gasteiger partial charge is 0.252 e. The Hall–Kier alpha value is -6.38. The third kappa shape index (κ3) is 4.64. The molecule has 9 aromatic rings. The summed E-state index contributed by atoms with van der Waals surface area (Å²) in [6.07, 6.45) is 1.92. The Balaban J connectivity index is 1.14. The zero-order chi connectivity index (χ0) is 34.1. The molecule has 1 aliphatic rings. The second-order valence-corrected chi connectivity index (χ2v) is 14.2. The molecule has 0 unspecified atom stereocenters. The fourth-order valence-corrected chi connectivity index (χ4v) is 8.33. The smallest absolute Gasteiger partial charge is 0.0972 e. The van der Waals surface area contributed by atoms with E-state index >= 15 is 0 Å². The number of hydrogen-bond donors (Lipinski definition) is 0. The standard InChI is InChI=1S/C49H34N2/c1-49(2)44-22-11-10-21-41(44)42-26-24-35(29-45(42)49)48-47(50-30-46(51-48)31-13-4-3-5-14-31)34-16-12-15-32(27-34)33-23-25-40-38-19-7-6-17-36(38)37-18-8-9-20-39(37)43(40)28-33/h3-30H,1-2H3. The van der Waals surface area contributed by atoms with Crippen LogP contribution in [0.1, 0.15) is 25.0 Å². The number of aromatic nitrogens is 2. The number of hydrogen-bond acceptors (Lipinski definition) is 2. The molecule has 0 spiro atoms. The maximum atomic E-state index is 5.36. The van der Waals surface area contributed by atoms with Gasteiger partial charge in [-0.05, 0) is 83.9 Å². The van der Waals surface area contributed by atoms with Crippen LogP contribution in [0, 0.1) is 0 Å². The second kappa shape index (κ2) is 11.3. The summed E-state index contributed by atoms with van der Waals surface area (Å²) in [5.41, 5.74) is 13.3. The van der Waals surface area contributed by atoms with Crippen molar-refractivity contribution in [1.82, 2.24) is 9.97 Å². The van der Waals surface area contributed by atoms with Crippen molar-refractivity contribution in [2.24, 2.45) is 0 Å². The van der Waals surface area contributed by atoms with Crippen molar-refractivity contribution in [2.45, 2.75) is 19.3 Å². The minimum absolute atomic E-state index is 0.113. The van der Waals surface area contributed by atoms with Gasteiger partial charge in [0.15, 0.2) is 0 Å². The van der Waals surface area contributed by atoms with E-state index < -0.39 is 0 Å². The van der Waals surface area contributed by atoms with Crippen LogP contribution in [-0.2, 0) is 5.41 Å². The molecule has 0 atom stereocenters. The molecule has 2 nitrogen and oxygen atoms in total. The summed E-state index contributed by atoms with van der Waals surface area (Å²) < 4.78 is 0. The molecule has 0 saturated heterocycles. The van der Waals surface area contributed by atoms with Gasteiger partial charge >= 0.3 is 0 Å². The Morgan fingerprint density at radius 2 is 0.922 bits per heavy atom. The van der Waals surface area contributed by atoms with Crippen LogP contribution < -0.4 is 0 Å². The van der Waals surface area contributed by atoms with Crippen LogP contribution >= 0.6 is 0 Å². The van der Waals surface area contributed by atoms with Crippen LogP contribution in [0.3, 0.4) is 0 Å². The molecule has 0 amide bonds. The molecule has 1 aromatic heterocycles. The third-order valence-electron chi connectivity index (χ3n) is 10.9. The highest BCUT2D eigenvalue weighted by Crippen LogP contribution is 2.50. The zero-order valence-electron chi connectivity index (χ0n) is 28.6. The first-order chi connectivity index (χ1) is 25.0. The summed E-state index contributed by atoms with van der Waals surface area (Å²) in [7, 11) is 0. The lowest BCUT2D eigenvalue weighted by Crippen LogP contribution is -2.15. The third-order valence-corrected chi connectivity index (χ3v) is 10.9. The van der Waals surface area contributed by atoms with E-state index in [1.807, 2.05) is 12.3 Å². The lowest BCUT2D eigenvalue weighted by Gasteiger charge is -2.22. The van der Waals surface area contributed by atoms with Gasteiger partial charge in [0, 0.05) is 22.1 Å². The van der Waals surface area contributed by atoms with Crippen molar-refractivity contribution in [3.63, 3.8) is 0 Å². The van der Waals surface area contributed by atoms with E-state index in [1.165, 1.54) is 60.1 Å². The number of fused-ring (bicyclic) bond motifs is 9. The Kier molecular flexibility index (Phi) is 6.56. The number of nitrogens with zero attached hydrogens (tertiary/aromatic N) is 2. The molecule has 0 bridgehead atoms. The van der Waals surface area contributed by atoms with Crippen molar-refractivity contribution in [3.8, 4) is 56.0 Å².